The molecule has 0 aromatic heterocycles. The molecule has 1 aliphatic carbocycles. The van der Waals surface area contributed by atoms with Crippen molar-refractivity contribution in [1.29, 1.82) is 0 Å². The highest BCUT2D eigenvalue weighted by Gasteiger charge is 2.38. The van der Waals surface area contributed by atoms with Crippen LogP contribution < -0.4 is 10.6 Å². The van der Waals surface area contributed by atoms with Crippen LogP contribution in [0.4, 0.5) is 0 Å². The van der Waals surface area contributed by atoms with Gasteiger partial charge < -0.3 is 10.6 Å². The summed E-state index contributed by atoms with van der Waals surface area (Å²) in [5.74, 6) is 0.641. The average Bonchev–Trinajstić information content (AvgIpc) is 3.29. The van der Waals surface area contributed by atoms with Gasteiger partial charge in [-0.2, -0.15) is 0 Å². The second kappa shape index (κ2) is 9.40. The van der Waals surface area contributed by atoms with Gasteiger partial charge in [0.05, 0.1) is 0 Å². The summed E-state index contributed by atoms with van der Waals surface area (Å²) < 4.78 is 0. The molecule has 0 aromatic rings. The van der Waals surface area contributed by atoms with Crippen molar-refractivity contribution >= 4 is 12.6 Å². The third kappa shape index (κ3) is 6.37. The van der Waals surface area contributed by atoms with E-state index in [1.807, 2.05) is 26.8 Å². The third-order valence-corrected chi connectivity index (χ3v) is 4.57. The Morgan fingerprint density at radius 2 is 1.92 bits per heavy atom. The molecule has 1 aliphatic rings. The number of allylic oxidation sites excluding steroid dienone is 3. The Kier molecular flexibility index (Phi) is 7.88. The lowest BCUT2D eigenvalue weighted by atomic mass is 10.0. The first-order valence-electron chi connectivity index (χ1n) is 9.00. The molecule has 0 radical (unpaired) electrons. The number of nitrogens with one attached hydrogen (secondary N) is 2. The minimum Gasteiger partial charge on any atom is -0.365 e. The largest absolute Gasteiger partial charge is 0.365 e. The molecule has 25 heavy (non-hydrogen) atoms. The molecule has 0 saturated heterocycles. The molecule has 4 heteroatoms. The van der Waals surface area contributed by atoms with Crippen LogP contribution in [-0.4, -0.2) is 24.7 Å². The van der Waals surface area contributed by atoms with Gasteiger partial charge in [0.25, 0.3) is 5.91 Å². The van der Waals surface area contributed by atoms with Crippen LogP contribution >= 0.6 is 0 Å². The minimum atomic E-state index is -0.0598. The Bertz CT molecular complexity index is 615. The van der Waals surface area contributed by atoms with Crippen LogP contribution in [0.5, 0.6) is 0 Å². The molecular weight excluding hydrogens is 310 g/mol. The van der Waals surface area contributed by atoms with E-state index in [1.54, 1.807) is 6.08 Å². The Morgan fingerprint density at radius 1 is 1.28 bits per heavy atom. The third-order valence-electron chi connectivity index (χ3n) is 4.57. The smallest absolute Gasteiger partial charge is 0.251 e. The predicted octanol–water partition coefficient (Wildman–Crippen LogP) is 4.43. The molecule has 0 aliphatic heterocycles. The molecule has 1 fully saturated rings. The van der Waals surface area contributed by atoms with E-state index in [-0.39, 0.29) is 11.4 Å². The second-order valence-electron chi connectivity index (χ2n) is 7.11. The standard InChI is InChI=1S/C21H33N3O/c1-8-10-17(9-2)11-14-23-20(25)18(15(3)4)16(5)19(22-7)24-21(6)12-13-21/h8,10,24H,1,7,9,11-14H2,2-6H3,(H,23,25)/b17-10+,19-16-. The SMILES string of the molecule is C=C/C=C(\CC)CCNC(=O)C(=C(C)C)/C(C)=C(/N=C)NC1(C)CC1. The van der Waals surface area contributed by atoms with Gasteiger partial charge >= 0.3 is 0 Å². The van der Waals surface area contributed by atoms with Crippen LogP contribution in [0.2, 0.25) is 0 Å². The van der Waals surface area contributed by atoms with Crippen molar-refractivity contribution in [2.75, 3.05) is 6.54 Å². The Hall–Kier alpha value is -2.10. The summed E-state index contributed by atoms with van der Waals surface area (Å²) in [5.41, 5.74) is 3.86. The molecule has 2 N–H and O–H groups in total. The van der Waals surface area contributed by atoms with E-state index in [1.165, 1.54) is 5.57 Å². The van der Waals surface area contributed by atoms with Crippen LogP contribution in [0.15, 0.2) is 51.8 Å². The first-order chi connectivity index (χ1) is 11.8. The molecule has 4 nitrogen and oxygen atoms in total. The van der Waals surface area contributed by atoms with Crippen molar-refractivity contribution in [1.82, 2.24) is 10.6 Å². The molecule has 0 bridgehead atoms. The lowest BCUT2D eigenvalue weighted by Crippen LogP contribution is -2.31. The van der Waals surface area contributed by atoms with Crippen molar-refractivity contribution in [3.8, 4) is 0 Å². The molecule has 1 rings (SSSR count). The van der Waals surface area contributed by atoms with Gasteiger partial charge in [0, 0.05) is 23.2 Å². The first kappa shape index (κ1) is 20.9. The fourth-order valence-corrected chi connectivity index (χ4v) is 2.71. The van der Waals surface area contributed by atoms with Crippen LogP contribution in [0.25, 0.3) is 0 Å². The number of carbonyl (C=O) groups is 1. The zero-order valence-corrected chi connectivity index (χ0v) is 16.5. The number of amides is 1. The number of rotatable bonds is 10. The Balaban J connectivity index is 2.86. The maximum Gasteiger partial charge on any atom is 0.251 e. The summed E-state index contributed by atoms with van der Waals surface area (Å²) >= 11 is 0. The van der Waals surface area contributed by atoms with Gasteiger partial charge in [0.1, 0.15) is 5.82 Å². The van der Waals surface area contributed by atoms with Crippen LogP contribution in [0.1, 0.15) is 60.3 Å². The van der Waals surface area contributed by atoms with Crippen LogP contribution in [0, 0.1) is 0 Å². The van der Waals surface area contributed by atoms with Crippen molar-refractivity contribution in [3.63, 3.8) is 0 Å². The van der Waals surface area contributed by atoms with Gasteiger partial charge in [0.15, 0.2) is 0 Å². The van der Waals surface area contributed by atoms with Gasteiger partial charge in [-0.3, -0.25) is 4.79 Å². The summed E-state index contributed by atoms with van der Waals surface area (Å²) in [6.45, 7) is 18.1. The van der Waals surface area contributed by atoms with Crippen LogP contribution in [0.3, 0.4) is 0 Å². The summed E-state index contributed by atoms with van der Waals surface area (Å²) in [7, 11) is 0. The van der Waals surface area contributed by atoms with E-state index in [4.69, 9.17) is 0 Å². The van der Waals surface area contributed by atoms with Crippen molar-refractivity contribution in [3.05, 3.63) is 46.8 Å². The summed E-state index contributed by atoms with van der Waals surface area (Å²) in [4.78, 5) is 16.9. The van der Waals surface area contributed by atoms with E-state index in [9.17, 15) is 4.79 Å². The number of hydrogen-bond acceptors (Lipinski definition) is 3. The molecule has 0 aromatic carbocycles. The molecule has 0 spiro atoms. The Labute approximate surface area is 152 Å². The molecule has 0 unspecified atom stereocenters. The highest BCUT2D eigenvalue weighted by atomic mass is 16.1. The highest BCUT2D eigenvalue weighted by molar-refractivity contribution is 5.98. The highest BCUT2D eigenvalue weighted by Crippen LogP contribution is 2.36. The molecular formula is C21H33N3O. The zero-order chi connectivity index (χ0) is 19.0. The van der Waals surface area contributed by atoms with E-state index < -0.39 is 0 Å². The average molecular weight is 344 g/mol. The zero-order valence-electron chi connectivity index (χ0n) is 16.5. The topological polar surface area (TPSA) is 53.5 Å². The predicted molar refractivity (Wildman–Crippen MR) is 108 cm³/mol. The van der Waals surface area contributed by atoms with Crippen molar-refractivity contribution < 1.29 is 4.79 Å². The number of hydrogen-bond donors (Lipinski definition) is 2. The van der Waals surface area contributed by atoms with Gasteiger partial charge in [-0.1, -0.05) is 36.8 Å². The molecule has 1 saturated carbocycles. The van der Waals surface area contributed by atoms with Crippen molar-refractivity contribution in [2.45, 2.75) is 65.8 Å². The first-order valence-corrected chi connectivity index (χ1v) is 9.00. The monoisotopic (exact) mass is 343 g/mol. The minimum absolute atomic E-state index is 0.0598. The fraction of sp³-hybridized carbons (Fsp3) is 0.524. The van der Waals surface area contributed by atoms with E-state index in [2.05, 4.69) is 42.8 Å². The quantitative estimate of drug-likeness (QED) is 0.350. The van der Waals surface area contributed by atoms with Gasteiger partial charge in [0.2, 0.25) is 0 Å². The molecule has 0 atom stereocenters. The lowest BCUT2D eigenvalue weighted by molar-refractivity contribution is -0.117. The number of carbonyl (C=O) groups excluding carboxylic acids is 1. The van der Waals surface area contributed by atoms with E-state index >= 15 is 0 Å². The molecule has 138 valence electrons. The summed E-state index contributed by atoms with van der Waals surface area (Å²) in [6.07, 6.45) is 7.83. The maximum atomic E-state index is 12.7. The second-order valence-corrected chi connectivity index (χ2v) is 7.11. The molecule has 1 amide bonds. The fourth-order valence-electron chi connectivity index (χ4n) is 2.71. The van der Waals surface area contributed by atoms with E-state index in [0.29, 0.717) is 17.9 Å². The van der Waals surface area contributed by atoms with Crippen molar-refractivity contribution in [2.24, 2.45) is 4.99 Å². The van der Waals surface area contributed by atoms with Gasteiger partial charge in [-0.15, -0.1) is 0 Å². The van der Waals surface area contributed by atoms with E-state index in [0.717, 1.165) is 36.8 Å². The van der Waals surface area contributed by atoms with Crippen LogP contribution in [-0.2, 0) is 4.79 Å². The number of aliphatic imine (C=N–C) groups is 1. The normalized spacial score (nSPS) is 16.4. The molecule has 0 heterocycles. The number of nitrogens with zero attached hydrogens (tertiary/aromatic N) is 1. The maximum absolute atomic E-state index is 12.7. The lowest BCUT2D eigenvalue weighted by Gasteiger charge is -2.18. The van der Waals surface area contributed by atoms with Gasteiger partial charge in [-0.05, 0) is 60.1 Å². The van der Waals surface area contributed by atoms with Gasteiger partial charge in [-0.25, -0.2) is 4.99 Å². The summed E-state index contributed by atoms with van der Waals surface area (Å²) in [5, 5.41) is 6.45. The Morgan fingerprint density at radius 3 is 2.36 bits per heavy atom. The summed E-state index contributed by atoms with van der Waals surface area (Å²) in [6, 6.07) is 0.